The van der Waals surface area contributed by atoms with E-state index >= 15 is 0 Å². The van der Waals surface area contributed by atoms with Gasteiger partial charge < -0.3 is 5.32 Å². The number of imide groups is 1. The van der Waals surface area contributed by atoms with Gasteiger partial charge in [-0.25, -0.2) is 9.78 Å². The molecule has 156 valence electrons. The Morgan fingerprint density at radius 3 is 2.70 bits per heavy atom. The van der Waals surface area contributed by atoms with Gasteiger partial charge in [-0.3, -0.25) is 19.5 Å². The largest absolute Gasteiger partial charge is 0.341 e. The second kappa shape index (κ2) is 9.01. The van der Waals surface area contributed by atoms with Crippen molar-refractivity contribution in [3.8, 4) is 5.69 Å². The molecular weight excluding hydrogens is 420 g/mol. The number of benzene rings is 1. The summed E-state index contributed by atoms with van der Waals surface area (Å²) in [6, 6.07) is 8.77. The molecule has 0 fully saturated rings. The summed E-state index contributed by atoms with van der Waals surface area (Å²) in [5.41, 5.74) is 1.75. The van der Waals surface area contributed by atoms with Gasteiger partial charge in [-0.15, -0.1) is 11.3 Å². The lowest BCUT2D eigenvalue weighted by Gasteiger charge is -2.12. The van der Waals surface area contributed by atoms with E-state index < -0.39 is 11.9 Å². The van der Waals surface area contributed by atoms with Gasteiger partial charge in [-0.2, -0.15) is 0 Å². The van der Waals surface area contributed by atoms with E-state index in [1.807, 2.05) is 30.3 Å². The van der Waals surface area contributed by atoms with Crippen LogP contribution in [0.3, 0.4) is 0 Å². The topological polar surface area (TPSA) is 93.1 Å². The maximum atomic E-state index is 13.6. The van der Waals surface area contributed by atoms with E-state index in [1.165, 1.54) is 18.3 Å². The minimum Gasteiger partial charge on any atom is -0.341 e. The Bertz CT molecular complexity index is 1150. The minimum atomic E-state index is -0.563. The number of thioether (sulfide) groups is 1. The maximum Gasteiger partial charge on any atom is 0.321 e. The highest BCUT2D eigenvalue weighted by molar-refractivity contribution is 7.99. The first-order valence-electron chi connectivity index (χ1n) is 9.85. The Balaban J connectivity index is 1.79. The van der Waals surface area contributed by atoms with Crippen LogP contribution in [0.2, 0.25) is 0 Å². The molecule has 1 aliphatic carbocycles. The Morgan fingerprint density at radius 1 is 1.17 bits per heavy atom. The van der Waals surface area contributed by atoms with Crippen LogP contribution in [0.25, 0.3) is 15.9 Å². The van der Waals surface area contributed by atoms with E-state index in [0.717, 1.165) is 47.8 Å². The van der Waals surface area contributed by atoms with Gasteiger partial charge in [0.1, 0.15) is 4.83 Å². The molecule has 7 nitrogen and oxygen atoms in total. The average molecular weight is 443 g/mol. The van der Waals surface area contributed by atoms with Gasteiger partial charge in [0.2, 0.25) is 5.91 Å². The molecule has 0 saturated carbocycles. The molecule has 0 unspecified atom stereocenters. The number of amides is 3. The Morgan fingerprint density at radius 2 is 1.93 bits per heavy atom. The summed E-state index contributed by atoms with van der Waals surface area (Å²) in [5.74, 6) is -0.473. The SMILES string of the molecule is CNC(=O)NC(=O)CSc1nc2sc3c(c2c(=O)n1-c1ccccc1)CCCCC3. The number of hydrogen-bond acceptors (Lipinski definition) is 6. The van der Waals surface area contributed by atoms with Crippen LogP contribution in [0.15, 0.2) is 40.3 Å². The number of aryl methyl sites for hydroxylation is 2. The Labute approximate surface area is 181 Å². The van der Waals surface area contributed by atoms with E-state index in [0.29, 0.717) is 16.2 Å². The molecule has 1 aromatic carbocycles. The lowest BCUT2D eigenvalue weighted by molar-refractivity contribution is -0.117. The zero-order valence-electron chi connectivity index (χ0n) is 16.6. The molecule has 2 heterocycles. The van der Waals surface area contributed by atoms with Crippen LogP contribution >= 0.6 is 23.1 Å². The highest BCUT2D eigenvalue weighted by Gasteiger charge is 2.22. The van der Waals surface area contributed by atoms with Gasteiger partial charge in [0.15, 0.2) is 5.16 Å². The maximum absolute atomic E-state index is 13.6. The molecule has 0 saturated heterocycles. The molecule has 3 amide bonds. The van der Waals surface area contributed by atoms with Crippen LogP contribution in [0.4, 0.5) is 4.79 Å². The summed E-state index contributed by atoms with van der Waals surface area (Å²) in [7, 11) is 1.44. The third-order valence-corrected chi connectivity index (χ3v) is 7.16. The third kappa shape index (κ3) is 4.13. The van der Waals surface area contributed by atoms with E-state index in [4.69, 9.17) is 4.98 Å². The van der Waals surface area contributed by atoms with Crippen LogP contribution in [-0.4, -0.2) is 34.3 Å². The number of nitrogens with one attached hydrogen (secondary N) is 2. The van der Waals surface area contributed by atoms with E-state index in [2.05, 4.69) is 10.6 Å². The highest BCUT2D eigenvalue weighted by Crippen LogP contribution is 2.34. The fourth-order valence-electron chi connectivity index (χ4n) is 3.62. The highest BCUT2D eigenvalue weighted by atomic mass is 32.2. The van der Waals surface area contributed by atoms with Crippen LogP contribution < -0.4 is 16.2 Å². The van der Waals surface area contributed by atoms with Crippen molar-refractivity contribution in [3.63, 3.8) is 0 Å². The Kier molecular flexibility index (Phi) is 6.19. The summed E-state index contributed by atoms with van der Waals surface area (Å²) in [6.07, 6.45) is 5.28. The molecule has 1 aliphatic rings. The normalized spacial score (nSPS) is 13.5. The molecule has 3 aromatic rings. The zero-order chi connectivity index (χ0) is 21.1. The van der Waals surface area contributed by atoms with Crippen molar-refractivity contribution in [3.05, 3.63) is 51.1 Å². The first-order chi connectivity index (χ1) is 14.6. The van der Waals surface area contributed by atoms with Crippen molar-refractivity contribution >= 4 is 45.3 Å². The van der Waals surface area contributed by atoms with Crippen LogP contribution in [0.5, 0.6) is 0 Å². The number of para-hydroxylation sites is 1. The molecule has 0 spiro atoms. The van der Waals surface area contributed by atoms with E-state index in [1.54, 1.807) is 15.9 Å². The van der Waals surface area contributed by atoms with Gasteiger partial charge in [0, 0.05) is 11.9 Å². The number of rotatable bonds is 4. The number of urea groups is 1. The molecule has 2 aromatic heterocycles. The number of nitrogens with zero attached hydrogens (tertiary/aromatic N) is 2. The number of fused-ring (bicyclic) bond motifs is 3. The lowest BCUT2D eigenvalue weighted by atomic mass is 10.1. The standard InChI is InChI=1S/C21H22N4O3S2/c1-22-20(28)23-16(26)12-29-21-24-18-17(14-10-6-3-7-11-15(14)30-18)19(27)25(21)13-8-4-2-5-9-13/h2,4-5,8-9H,3,6-7,10-12H2,1H3,(H2,22,23,26,28). The predicted molar refractivity (Wildman–Crippen MR) is 120 cm³/mol. The minimum absolute atomic E-state index is 0.0245. The zero-order valence-corrected chi connectivity index (χ0v) is 18.2. The van der Waals surface area contributed by atoms with Gasteiger partial charge in [-0.1, -0.05) is 36.4 Å². The van der Waals surface area contributed by atoms with Gasteiger partial charge in [0.25, 0.3) is 5.56 Å². The molecule has 0 radical (unpaired) electrons. The third-order valence-electron chi connectivity index (χ3n) is 5.03. The fraction of sp³-hybridized carbons (Fsp3) is 0.333. The molecule has 30 heavy (non-hydrogen) atoms. The second-order valence-corrected chi connectivity index (χ2v) is 9.06. The number of carbonyl (C=O) groups is 2. The second-order valence-electron chi connectivity index (χ2n) is 7.03. The van der Waals surface area contributed by atoms with E-state index in [9.17, 15) is 14.4 Å². The van der Waals surface area contributed by atoms with Crippen molar-refractivity contribution in [2.45, 2.75) is 37.3 Å². The monoisotopic (exact) mass is 442 g/mol. The fourth-order valence-corrected chi connectivity index (χ4v) is 5.74. The van der Waals surface area contributed by atoms with Gasteiger partial charge in [0.05, 0.1) is 16.8 Å². The molecule has 0 aliphatic heterocycles. The molecular formula is C21H22N4O3S2. The number of thiophene rings is 1. The van der Waals surface area contributed by atoms with Crippen molar-refractivity contribution in [1.82, 2.24) is 20.2 Å². The number of hydrogen-bond donors (Lipinski definition) is 2. The van der Waals surface area contributed by atoms with Gasteiger partial charge in [-0.05, 0) is 43.4 Å². The number of aromatic nitrogens is 2. The summed E-state index contributed by atoms with van der Waals surface area (Å²) in [6.45, 7) is 0. The molecule has 4 rings (SSSR count). The smallest absolute Gasteiger partial charge is 0.321 e. The Hall–Kier alpha value is -2.65. The van der Waals surface area contributed by atoms with Crippen LogP contribution in [0.1, 0.15) is 29.7 Å². The first-order valence-corrected chi connectivity index (χ1v) is 11.7. The molecule has 2 N–H and O–H groups in total. The summed E-state index contributed by atoms with van der Waals surface area (Å²) in [5, 5.41) is 5.74. The van der Waals surface area contributed by atoms with E-state index in [-0.39, 0.29) is 11.3 Å². The first kappa shape index (κ1) is 20.6. The van der Waals surface area contributed by atoms with Crippen molar-refractivity contribution in [2.75, 3.05) is 12.8 Å². The van der Waals surface area contributed by atoms with Crippen LogP contribution in [0, 0.1) is 0 Å². The molecule has 0 bridgehead atoms. The average Bonchev–Trinajstić information content (AvgIpc) is 2.94. The quantitative estimate of drug-likeness (QED) is 0.368. The van der Waals surface area contributed by atoms with Gasteiger partial charge >= 0.3 is 6.03 Å². The van der Waals surface area contributed by atoms with Crippen molar-refractivity contribution in [2.24, 2.45) is 0 Å². The molecule has 0 atom stereocenters. The molecule has 9 heteroatoms. The van der Waals surface area contributed by atoms with Crippen LogP contribution in [-0.2, 0) is 17.6 Å². The van der Waals surface area contributed by atoms with Crippen molar-refractivity contribution < 1.29 is 9.59 Å². The summed E-state index contributed by atoms with van der Waals surface area (Å²) >= 11 is 2.74. The predicted octanol–water partition coefficient (Wildman–Crippen LogP) is 3.26. The summed E-state index contributed by atoms with van der Waals surface area (Å²) < 4.78 is 1.58. The van der Waals surface area contributed by atoms with Crippen molar-refractivity contribution in [1.29, 1.82) is 0 Å². The lowest BCUT2D eigenvalue weighted by Crippen LogP contribution is -2.38. The number of carbonyl (C=O) groups excluding carboxylic acids is 2. The summed E-state index contributed by atoms with van der Waals surface area (Å²) in [4.78, 5) is 43.8.